The monoisotopic (exact) mass is 937 g/mol. The van der Waals surface area contributed by atoms with Gasteiger partial charge in [-0.2, -0.15) is 5.10 Å². The Kier molecular flexibility index (Phi) is 20.6. The number of nitrogens with zero attached hydrogens (tertiary/aromatic N) is 3. The standard InChI is InChI=1S/C51H70Cl3N5O5/c1-6-8-9-10-11-12-13-14-15-16-17-18-19-20-21-25-46(60)55-28-29-56-50(61)44-31-45(59(57-44)35(3)4)37-32-51(62,33-37)40-27-26-38(30-43(40)54)63-34-39-48(58-64-49(39)36(5)7-2)47-41(52)23-22-24-42(47)53/h14-15,22-24,26-27,30-31,35-37,62H,6-13,16-21,25,28-29,32-34H2,1-5H3,(H,55,60)(H,56,61). The van der Waals surface area contributed by atoms with Crippen LogP contribution in [0, 0.1) is 0 Å². The highest BCUT2D eigenvalue weighted by Crippen LogP contribution is 2.53. The lowest BCUT2D eigenvalue weighted by atomic mass is 9.66. The lowest BCUT2D eigenvalue weighted by molar-refractivity contribution is -0.121. The molecule has 2 aromatic carbocycles. The van der Waals surface area contributed by atoms with E-state index in [1.165, 1.54) is 57.8 Å². The van der Waals surface area contributed by atoms with Crippen molar-refractivity contribution in [2.24, 2.45) is 0 Å². The van der Waals surface area contributed by atoms with Crippen molar-refractivity contribution in [3.63, 3.8) is 0 Å². The van der Waals surface area contributed by atoms with Gasteiger partial charge in [-0.25, -0.2) is 0 Å². The molecule has 10 nitrogen and oxygen atoms in total. The number of aromatic nitrogens is 3. The molecule has 350 valence electrons. The van der Waals surface area contributed by atoms with Crippen molar-refractivity contribution in [1.82, 2.24) is 25.6 Å². The highest BCUT2D eigenvalue weighted by molar-refractivity contribution is 6.39. The quantitative estimate of drug-likeness (QED) is 0.0382. The van der Waals surface area contributed by atoms with E-state index in [9.17, 15) is 14.7 Å². The summed E-state index contributed by atoms with van der Waals surface area (Å²) in [6, 6.07) is 12.4. The molecule has 2 aromatic heterocycles. The van der Waals surface area contributed by atoms with Crippen molar-refractivity contribution in [2.45, 2.75) is 174 Å². The number of allylic oxidation sites excluding steroid dienone is 2. The van der Waals surface area contributed by atoms with Gasteiger partial charge < -0.3 is 25.0 Å². The molecule has 0 saturated heterocycles. The maximum Gasteiger partial charge on any atom is 0.271 e. The molecule has 1 saturated carbocycles. The van der Waals surface area contributed by atoms with E-state index in [0.29, 0.717) is 81.4 Å². The van der Waals surface area contributed by atoms with Crippen LogP contribution in [-0.4, -0.2) is 44.9 Å². The normalized spacial score (nSPS) is 16.6. The third-order valence-electron chi connectivity index (χ3n) is 12.4. The van der Waals surface area contributed by atoms with Gasteiger partial charge in [0.2, 0.25) is 5.91 Å². The Bertz CT molecular complexity index is 2100. The van der Waals surface area contributed by atoms with Crippen LogP contribution in [0.25, 0.3) is 11.3 Å². The summed E-state index contributed by atoms with van der Waals surface area (Å²) in [6.07, 6.45) is 22.7. The number of unbranched alkanes of at least 4 members (excludes halogenated alkanes) is 11. The van der Waals surface area contributed by atoms with Crippen molar-refractivity contribution in [1.29, 1.82) is 0 Å². The van der Waals surface area contributed by atoms with E-state index in [4.69, 9.17) is 44.1 Å². The first kappa shape index (κ1) is 51.2. The summed E-state index contributed by atoms with van der Waals surface area (Å²) in [7, 11) is 0. The van der Waals surface area contributed by atoms with E-state index in [2.05, 4.69) is 53.8 Å². The van der Waals surface area contributed by atoms with Crippen LogP contribution in [0.1, 0.15) is 195 Å². The smallest absolute Gasteiger partial charge is 0.271 e. The molecular weight excluding hydrogens is 869 g/mol. The third-order valence-corrected chi connectivity index (χ3v) is 13.3. The molecule has 0 bridgehead atoms. The van der Waals surface area contributed by atoms with Crippen LogP contribution in [0.15, 0.2) is 59.1 Å². The topological polar surface area (TPSA) is 132 Å². The maximum atomic E-state index is 13.2. The second kappa shape index (κ2) is 25.8. The Morgan fingerprint density at radius 3 is 2.16 bits per heavy atom. The van der Waals surface area contributed by atoms with E-state index >= 15 is 0 Å². The van der Waals surface area contributed by atoms with E-state index in [1.807, 2.05) is 24.6 Å². The number of halogens is 3. The molecule has 2 heterocycles. The number of nitrogens with one attached hydrogen (secondary N) is 2. The van der Waals surface area contributed by atoms with Gasteiger partial charge in [-0.15, -0.1) is 0 Å². The fourth-order valence-electron chi connectivity index (χ4n) is 8.41. The molecule has 1 fully saturated rings. The number of carbonyl (C=O) groups excluding carboxylic acids is 2. The van der Waals surface area contributed by atoms with Gasteiger partial charge >= 0.3 is 0 Å². The Labute approximate surface area is 396 Å². The molecule has 1 aliphatic carbocycles. The van der Waals surface area contributed by atoms with E-state index < -0.39 is 5.60 Å². The van der Waals surface area contributed by atoms with Crippen LogP contribution >= 0.6 is 34.8 Å². The molecular formula is C51H70Cl3N5O5. The number of carbonyl (C=O) groups is 2. The average molecular weight is 940 g/mol. The van der Waals surface area contributed by atoms with Gasteiger partial charge in [-0.3, -0.25) is 14.3 Å². The van der Waals surface area contributed by atoms with Gasteiger partial charge in [0.25, 0.3) is 5.91 Å². The zero-order chi connectivity index (χ0) is 46.1. The second-order valence-corrected chi connectivity index (χ2v) is 19.0. The van der Waals surface area contributed by atoms with E-state index in [1.54, 1.807) is 36.4 Å². The van der Waals surface area contributed by atoms with Crippen molar-refractivity contribution in [3.8, 4) is 17.0 Å². The number of aliphatic hydroxyl groups is 1. The minimum atomic E-state index is -1.16. The van der Waals surface area contributed by atoms with Gasteiger partial charge in [0, 0.05) is 54.2 Å². The molecule has 1 atom stereocenters. The van der Waals surface area contributed by atoms with Gasteiger partial charge in [0.1, 0.15) is 29.5 Å². The van der Waals surface area contributed by atoms with Crippen LogP contribution in [-0.2, 0) is 17.0 Å². The number of benzene rings is 2. The molecule has 5 rings (SSSR count). The predicted octanol–water partition coefficient (Wildman–Crippen LogP) is 13.8. The van der Waals surface area contributed by atoms with Crippen molar-refractivity contribution in [3.05, 3.63) is 98.0 Å². The number of ether oxygens (including phenoxy) is 1. The van der Waals surface area contributed by atoms with E-state index in [-0.39, 0.29) is 36.3 Å². The lowest BCUT2D eigenvalue weighted by Crippen LogP contribution is -2.41. The molecule has 1 aliphatic rings. The van der Waals surface area contributed by atoms with Crippen molar-refractivity contribution >= 4 is 46.6 Å². The Morgan fingerprint density at radius 2 is 1.52 bits per heavy atom. The maximum absolute atomic E-state index is 13.2. The highest BCUT2D eigenvalue weighted by Gasteiger charge is 2.47. The zero-order valence-electron chi connectivity index (χ0n) is 38.6. The third kappa shape index (κ3) is 14.3. The molecule has 13 heteroatoms. The minimum Gasteiger partial charge on any atom is -0.489 e. The van der Waals surface area contributed by atoms with Gasteiger partial charge in [-0.1, -0.05) is 136 Å². The Hall–Kier alpha value is -3.83. The molecule has 1 unspecified atom stereocenters. The summed E-state index contributed by atoms with van der Waals surface area (Å²) >= 11 is 19.9. The summed E-state index contributed by atoms with van der Waals surface area (Å²) in [6.45, 7) is 11.2. The molecule has 0 radical (unpaired) electrons. The fourth-order valence-corrected chi connectivity index (χ4v) is 9.33. The van der Waals surface area contributed by atoms with Gasteiger partial charge in [0.15, 0.2) is 0 Å². The van der Waals surface area contributed by atoms with Crippen LogP contribution in [0.2, 0.25) is 15.1 Å². The number of amides is 2. The van der Waals surface area contributed by atoms with E-state index in [0.717, 1.165) is 43.4 Å². The average Bonchev–Trinajstić information content (AvgIpc) is 3.90. The first-order valence-corrected chi connectivity index (χ1v) is 24.9. The number of hydrogen-bond donors (Lipinski definition) is 3. The zero-order valence-corrected chi connectivity index (χ0v) is 40.9. The largest absolute Gasteiger partial charge is 0.489 e. The SMILES string of the molecule is CCCCCCCCC=CCCCCCCCC(=O)NCCNC(=O)c1cc(C2CC(O)(c3ccc(OCc4c(-c5c(Cl)cccc5Cl)noc4C(C)CC)cc3Cl)C2)n(C(C)C)n1. The highest BCUT2D eigenvalue weighted by atomic mass is 35.5. The first-order chi connectivity index (χ1) is 30.9. The summed E-state index contributed by atoms with van der Waals surface area (Å²) in [5.41, 5.74) is 2.52. The molecule has 0 aliphatic heterocycles. The van der Waals surface area contributed by atoms with Crippen molar-refractivity contribution in [2.75, 3.05) is 13.1 Å². The summed E-state index contributed by atoms with van der Waals surface area (Å²) in [4.78, 5) is 25.6. The van der Waals surface area contributed by atoms with Crippen molar-refractivity contribution < 1.29 is 24.0 Å². The first-order valence-electron chi connectivity index (χ1n) is 23.7. The minimum absolute atomic E-state index is 0.00168. The Balaban J connectivity index is 1.04. The van der Waals surface area contributed by atoms with Crippen LogP contribution in [0.5, 0.6) is 5.75 Å². The van der Waals surface area contributed by atoms with Gasteiger partial charge in [-0.05, 0) is 95.5 Å². The predicted molar refractivity (Wildman–Crippen MR) is 260 cm³/mol. The fraction of sp³-hybridized carbons (Fsp3) is 0.569. The lowest BCUT2D eigenvalue weighted by Gasteiger charge is -2.44. The Morgan fingerprint density at radius 1 is 0.875 bits per heavy atom. The molecule has 2 amide bonds. The summed E-state index contributed by atoms with van der Waals surface area (Å²) in [5, 5.41) is 27.9. The van der Waals surface area contributed by atoms with Gasteiger partial charge in [0.05, 0.1) is 26.2 Å². The molecule has 3 N–H and O–H groups in total. The number of rotatable bonds is 28. The van der Waals surface area contributed by atoms with Crippen LogP contribution in [0.4, 0.5) is 0 Å². The number of hydrogen-bond acceptors (Lipinski definition) is 7. The van der Waals surface area contributed by atoms with Crippen LogP contribution < -0.4 is 15.4 Å². The molecule has 4 aromatic rings. The summed E-state index contributed by atoms with van der Waals surface area (Å²) in [5.74, 6) is 0.982. The summed E-state index contributed by atoms with van der Waals surface area (Å²) < 4.78 is 13.9. The molecule has 0 spiro atoms. The van der Waals surface area contributed by atoms with Crippen LogP contribution in [0.3, 0.4) is 0 Å². The second-order valence-electron chi connectivity index (χ2n) is 17.8. The molecule has 64 heavy (non-hydrogen) atoms.